The van der Waals surface area contributed by atoms with Crippen LogP contribution in [0.1, 0.15) is 25.1 Å². The van der Waals surface area contributed by atoms with Gasteiger partial charge in [0.25, 0.3) is 0 Å². The van der Waals surface area contributed by atoms with E-state index in [0.717, 1.165) is 38.4 Å². The fraction of sp³-hybridized carbons (Fsp3) is 0.471. The van der Waals surface area contributed by atoms with Crippen molar-refractivity contribution < 1.29 is 4.74 Å². The van der Waals surface area contributed by atoms with Crippen LogP contribution in [0.2, 0.25) is 0 Å². The Morgan fingerprint density at radius 3 is 2.80 bits per heavy atom. The minimum Gasteiger partial charge on any atom is -0.481 e. The van der Waals surface area contributed by atoms with Crippen molar-refractivity contribution in [1.82, 2.24) is 9.88 Å². The van der Waals surface area contributed by atoms with Gasteiger partial charge in [0, 0.05) is 37.8 Å². The summed E-state index contributed by atoms with van der Waals surface area (Å²) in [5.41, 5.74) is 3.94. The van der Waals surface area contributed by atoms with Gasteiger partial charge in [0.2, 0.25) is 5.88 Å². The van der Waals surface area contributed by atoms with Crippen LogP contribution in [0.4, 0.5) is 0 Å². The van der Waals surface area contributed by atoms with Gasteiger partial charge in [-0.1, -0.05) is 24.3 Å². The van der Waals surface area contributed by atoms with Crippen LogP contribution < -0.4 is 4.74 Å². The summed E-state index contributed by atoms with van der Waals surface area (Å²) in [7, 11) is 1.67. The summed E-state index contributed by atoms with van der Waals surface area (Å²) < 4.78 is 5.22. The lowest BCUT2D eigenvalue weighted by Crippen LogP contribution is -2.28. The second-order valence-corrected chi connectivity index (χ2v) is 5.10. The Kier molecular flexibility index (Phi) is 5.36. The fourth-order valence-electron chi connectivity index (χ4n) is 2.59. The third kappa shape index (κ3) is 3.70. The molecule has 1 aliphatic heterocycles. The van der Waals surface area contributed by atoms with E-state index < -0.39 is 0 Å². The molecule has 2 rings (SSSR count). The molecule has 20 heavy (non-hydrogen) atoms. The van der Waals surface area contributed by atoms with E-state index in [2.05, 4.69) is 48.0 Å². The van der Waals surface area contributed by atoms with Gasteiger partial charge in [-0.15, -0.1) is 0 Å². The van der Waals surface area contributed by atoms with Crippen molar-refractivity contribution in [3.8, 4) is 5.88 Å². The topological polar surface area (TPSA) is 25.4 Å². The number of aromatic nitrogens is 1. The molecule has 2 heterocycles. The first kappa shape index (κ1) is 14.8. The molecule has 1 aromatic rings. The van der Waals surface area contributed by atoms with Crippen molar-refractivity contribution in [3.05, 3.63) is 47.2 Å². The van der Waals surface area contributed by atoms with E-state index in [1.807, 2.05) is 6.07 Å². The molecule has 3 nitrogen and oxygen atoms in total. The number of nitrogens with zero attached hydrogens (tertiary/aromatic N) is 2. The molecule has 0 atom stereocenters. The molecule has 0 saturated heterocycles. The third-order valence-electron chi connectivity index (χ3n) is 3.77. The van der Waals surface area contributed by atoms with E-state index in [1.165, 1.54) is 16.8 Å². The molecular formula is C17H24N2O. The Hall–Kier alpha value is -1.61. The van der Waals surface area contributed by atoms with Gasteiger partial charge in [-0.25, -0.2) is 4.98 Å². The van der Waals surface area contributed by atoms with E-state index in [-0.39, 0.29) is 0 Å². The van der Waals surface area contributed by atoms with E-state index in [4.69, 9.17) is 4.74 Å². The number of ether oxygens (including phenoxy) is 1. The van der Waals surface area contributed by atoms with Crippen LogP contribution in [0.3, 0.4) is 0 Å². The third-order valence-corrected chi connectivity index (χ3v) is 3.77. The standard InChI is InChI=1S/C17H24N2O/c1-4-6-14(5-2)13-19-11-9-15-7-8-17(20-3)18-16(15)10-12-19/h4-8H,9-13H2,1-3H3/b6-4-,14-5+. The first-order valence-corrected chi connectivity index (χ1v) is 7.29. The Labute approximate surface area is 122 Å². The predicted molar refractivity (Wildman–Crippen MR) is 83.2 cm³/mol. The summed E-state index contributed by atoms with van der Waals surface area (Å²) >= 11 is 0. The molecule has 0 aliphatic carbocycles. The van der Waals surface area contributed by atoms with Crippen molar-refractivity contribution in [2.45, 2.75) is 26.7 Å². The molecule has 1 aromatic heterocycles. The van der Waals surface area contributed by atoms with Crippen LogP contribution in [0.5, 0.6) is 5.88 Å². The Balaban J connectivity index is 2.04. The molecule has 0 bridgehead atoms. The van der Waals surface area contributed by atoms with E-state index in [1.54, 1.807) is 7.11 Å². The summed E-state index contributed by atoms with van der Waals surface area (Å²) in [5.74, 6) is 0.722. The highest BCUT2D eigenvalue weighted by Gasteiger charge is 2.15. The minimum absolute atomic E-state index is 0.722. The lowest BCUT2D eigenvalue weighted by atomic mass is 10.1. The highest BCUT2D eigenvalue weighted by Crippen LogP contribution is 2.18. The zero-order valence-corrected chi connectivity index (χ0v) is 12.7. The molecule has 0 aromatic carbocycles. The first-order chi connectivity index (χ1) is 9.76. The van der Waals surface area contributed by atoms with E-state index in [9.17, 15) is 0 Å². The zero-order chi connectivity index (χ0) is 14.4. The van der Waals surface area contributed by atoms with Gasteiger partial charge in [-0.2, -0.15) is 0 Å². The van der Waals surface area contributed by atoms with Crippen LogP contribution in [-0.4, -0.2) is 36.6 Å². The summed E-state index contributed by atoms with van der Waals surface area (Å²) in [5, 5.41) is 0. The maximum absolute atomic E-state index is 5.22. The molecular weight excluding hydrogens is 248 g/mol. The smallest absolute Gasteiger partial charge is 0.213 e. The molecule has 0 unspecified atom stereocenters. The highest BCUT2D eigenvalue weighted by molar-refractivity contribution is 5.28. The largest absolute Gasteiger partial charge is 0.481 e. The van der Waals surface area contributed by atoms with Gasteiger partial charge < -0.3 is 4.74 Å². The number of allylic oxidation sites excluding steroid dienone is 2. The monoisotopic (exact) mass is 272 g/mol. The first-order valence-electron chi connectivity index (χ1n) is 7.29. The summed E-state index contributed by atoms with van der Waals surface area (Å²) in [6.07, 6.45) is 8.56. The van der Waals surface area contributed by atoms with Crippen molar-refractivity contribution >= 4 is 0 Å². The number of hydrogen-bond donors (Lipinski definition) is 0. The quantitative estimate of drug-likeness (QED) is 0.788. The lowest BCUT2D eigenvalue weighted by molar-refractivity contribution is 0.313. The fourth-order valence-corrected chi connectivity index (χ4v) is 2.59. The number of hydrogen-bond acceptors (Lipinski definition) is 3. The molecule has 0 saturated carbocycles. The Morgan fingerprint density at radius 1 is 1.30 bits per heavy atom. The highest BCUT2D eigenvalue weighted by atomic mass is 16.5. The summed E-state index contributed by atoms with van der Waals surface area (Å²) in [6, 6.07) is 4.12. The second kappa shape index (κ2) is 7.25. The van der Waals surface area contributed by atoms with E-state index in [0.29, 0.717) is 0 Å². The lowest BCUT2D eigenvalue weighted by Gasteiger charge is -2.20. The molecule has 0 fully saturated rings. The van der Waals surface area contributed by atoms with Gasteiger partial charge >= 0.3 is 0 Å². The van der Waals surface area contributed by atoms with E-state index >= 15 is 0 Å². The molecule has 1 aliphatic rings. The Morgan fingerprint density at radius 2 is 2.10 bits per heavy atom. The molecule has 108 valence electrons. The Bertz CT molecular complexity index is 506. The van der Waals surface area contributed by atoms with Crippen LogP contribution in [0.15, 0.2) is 35.9 Å². The minimum atomic E-state index is 0.722. The van der Waals surface area contributed by atoms with Gasteiger partial charge in [0.15, 0.2) is 0 Å². The van der Waals surface area contributed by atoms with Crippen LogP contribution in [0, 0.1) is 0 Å². The zero-order valence-electron chi connectivity index (χ0n) is 12.7. The number of fused-ring (bicyclic) bond motifs is 1. The molecule has 0 amide bonds. The molecule has 0 radical (unpaired) electrons. The van der Waals surface area contributed by atoms with Gasteiger partial charge in [-0.05, 0) is 31.4 Å². The average molecular weight is 272 g/mol. The van der Waals surface area contributed by atoms with Gasteiger partial charge in [0.05, 0.1) is 7.11 Å². The number of pyridine rings is 1. The second-order valence-electron chi connectivity index (χ2n) is 5.10. The van der Waals surface area contributed by atoms with Crippen molar-refractivity contribution in [2.75, 3.05) is 26.7 Å². The normalized spacial score (nSPS) is 17.1. The van der Waals surface area contributed by atoms with Crippen molar-refractivity contribution in [1.29, 1.82) is 0 Å². The van der Waals surface area contributed by atoms with Crippen molar-refractivity contribution in [3.63, 3.8) is 0 Å². The summed E-state index contributed by atoms with van der Waals surface area (Å²) in [4.78, 5) is 7.09. The number of rotatable bonds is 4. The maximum Gasteiger partial charge on any atom is 0.213 e. The predicted octanol–water partition coefficient (Wildman–Crippen LogP) is 3.01. The summed E-state index contributed by atoms with van der Waals surface area (Å²) in [6.45, 7) is 7.34. The molecule has 3 heteroatoms. The maximum atomic E-state index is 5.22. The average Bonchev–Trinajstić information content (AvgIpc) is 2.68. The SMILES string of the molecule is C/C=C\C(=C/C)CN1CCc2ccc(OC)nc2CC1. The van der Waals surface area contributed by atoms with Gasteiger partial charge in [0.1, 0.15) is 0 Å². The number of methoxy groups -OCH3 is 1. The molecule has 0 spiro atoms. The van der Waals surface area contributed by atoms with Crippen LogP contribution in [-0.2, 0) is 12.8 Å². The van der Waals surface area contributed by atoms with Gasteiger partial charge in [-0.3, -0.25) is 4.90 Å². The van der Waals surface area contributed by atoms with Crippen LogP contribution in [0.25, 0.3) is 0 Å². The van der Waals surface area contributed by atoms with Crippen LogP contribution >= 0.6 is 0 Å². The van der Waals surface area contributed by atoms with Crippen molar-refractivity contribution in [2.24, 2.45) is 0 Å². The molecule has 0 N–H and O–H groups in total.